The Morgan fingerprint density at radius 2 is 1.77 bits per heavy atom. The van der Waals surface area contributed by atoms with Gasteiger partial charge in [-0.15, -0.1) is 0 Å². The number of aromatic nitrogens is 4. The number of nitrogens with zero attached hydrogens (tertiary/aromatic N) is 5. The Morgan fingerprint density at radius 3 is 2.44 bits per heavy atom. The first kappa shape index (κ1) is 36.5. The molecule has 5 heterocycles. The molecule has 3 aliphatic heterocycles. The van der Waals surface area contributed by atoms with Crippen molar-refractivity contribution in [2.24, 2.45) is 5.73 Å². The van der Waals surface area contributed by atoms with Gasteiger partial charge in [0, 0.05) is 18.9 Å². The van der Waals surface area contributed by atoms with Gasteiger partial charge in [0.25, 0.3) is 0 Å². The van der Waals surface area contributed by atoms with Crippen LogP contribution in [0.1, 0.15) is 6.23 Å². The molecule has 24 nitrogen and oxygen atoms in total. The van der Waals surface area contributed by atoms with Crippen LogP contribution in [0.2, 0.25) is 0 Å². The van der Waals surface area contributed by atoms with Crippen molar-refractivity contribution in [1.82, 2.24) is 24.4 Å². The minimum Gasteiger partial charge on any atom is -0.387 e. The second-order valence-corrected chi connectivity index (χ2v) is 14.7. The van der Waals surface area contributed by atoms with Crippen LogP contribution in [0, 0.1) is 0 Å². The standard InChI is InChI=1S/C21H30N7O17P3/c1-39-48(38,44-21-14(31)13(30)19(42-21)27-4-2-3-9(5-27)17(23)32)45-47(36,37)40-6-10-12(29)15(43-46(33,34)35)20(41-10)28-8-26-11-16(22)24-7-25-18(11)28/h2-4,7-8,10,12-15,19-21,29-31H,5-6H2,1H3,(H2,23,32)(H,36,37)(H2,22,24,25)(H2,33,34,35)/t10-,12-,13-,14-,15-,19-,20-,21-,48?/m1/s1. The van der Waals surface area contributed by atoms with Gasteiger partial charge in [-0.3, -0.25) is 27.5 Å². The Kier molecular flexibility index (Phi) is 10.6. The van der Waals surface area contributed by atoms with E-state index >= 15 is 0 Å². The van der Waals surface area contributed by atoms with Crippen molar-refractivity contribution < 1.29 is 80.4 Å². The number of amides is 1. The van der Waals surface area contributed by atoms with E-state index in [4.69, 9.17) is 34.5 Å². The second-order valence-electron chi connectivity index (χ2n) is 10.2. The van der Waals surface area contributed by atoms with Crippen LogP contribution in [0.3, 0.4) is 0 Å². The number of anilines is 1. The van der Waals surface area contributed by atoms with Crippen LogP contribution < -0.4 is 11.5 Å². The lowest BCUT2D eigenvalue weighted by atomic mass is 10.1. The van der Waals surface area contributed by atoms with Gasteiger partial charge in [0.2, 0.25) is 5.91 Å². The van der Waals surface area contributed by atoms with Gasteiger partial charge in [-0.1, -0.05) is 6.08 Å². The summed E-state index contributed by atoms with van der Waals surface area (Å²) in [5.41, 5.74) is 11.3. The zero-order chi connectivity index (χ0) is 35.2. The third-order valence-electron chi connectivity index (χ3n) is 7.06. The minimum absolute atomic E-state index is 0.0136. The third kappa shape index (κ3) is 7.85. The van der Waals surface area contributed by atoms with Gasteiger partial charge in [-0.05, 0) is 6.08 Å². The highest BCUT2D eigenvalue weighted by molar-refractivity contribution is 7.61. The highest BCUT2D eigenvalue weighted by Gasteiger charge is 2.52. The number of hydrogen-bond donors (Lipinski definition) is 8. The second kappa shape index (κ2) is 13.9. The van der Waals surface area contributed by atoms with Crippen molar-refractivity contribution in [3.8, 4) is 0 Å². The molecule has 2 aromatic rings. The van der Waals surface area contributed by atoms with Gasteiger partial charge >= 0.3 is 23.5 Å². The Balaban J connectivity index is 1.25. The molecule has 2 aromatic heterocycles. The van der Waals surface area contributed by atoms with Crippen LogP contribution in [0.4, 0.5) is 5.82 Å². The number of phosphoric acid groups is 3. The summed E-state index contributed by atoms with van der Waals surface area (Å²) in [6, 6.07) is 0. The van der Waals surface area contributed by atoms with Crippen molar-refractivity contribution in [2.75, 3.05) is 26.0 Å². The van der Waals surface area contributed by atoms with E-state index in [0.29, 0.717) is 0 Å². The first-order valence-electron chi connectivity index (χ1n) is 13.4. The molecule has 2 unspecified atom stereocenters. The lowest BCUT2D eigenvalue weighted by molar-refractivity contribution is -0.145. The van der Waals surface area contributed by atoms with Crippen molar-refractivity contribution in [1.29, 1.82) is 0 Å². The van der Waals surface area contributed by atoms with E-state index in [2.05, 4.69) is 23.8 Å². The Labute approximate surface area is 268 Å². The Bertz CT molecular complexity index is 1740. The monoisotopic (exact) mass is 745 g/mol. The number of aliphatic hydroxyl groups excluding tert-OH is 3. The molecular formula is C21H30N7O17P3. The summed E-state index contributed by atoms with van der Waals surface area (Å²) < 4.78 is 73.7. The van der Waals surface area contributed by atoms with Crippen molar-refractivity contribution in [3.05, 3.63) is 36.6 Å². The maximum atomic E-state index is 13.2. The number of fused-ring (bicyclic) bond motifs is 1. The molecule has 0 radical (unpaired) electrons. The molecule has 266 valence electrons. The zero-order valence-corrected chi connectivity index (χ0v) is 27.0. The lowest BCUT2D eigenvalue weighted by Gasteiger charge is -2.30. The van der Waals surface area contributed by atoms with Crippen LogP contribution in [0.25, 0.3) is 11.2 Å². The molecule has 10 N–H and O–H groups in total. The van der Waals surface area contributed by atoms with E-state index in [1.165, 1.54) is 23.3 Å². The summed E-state index contributed by atoms with van der Waals surface area (Å²) in [4.78, 5) is 53.8. The van der Waals surface area contributed by atoms with Gasteiger partial charge in [-0.25, -0.2) is 28.6 Å². The molecule has 0 aliphatic carbocycles. The topological polar surface area (TPSA) is 353 Å². The molecule has 5 rings (SSSR count). The first-order valence-corrected chi connectivity index (χ1v) is 17.9. The summed E-state index contributed by atoms with van der Waals surface area (Å²) in [5, 5.41) is 31.8. The SMILES string of the molecule is COP(=O)(O[C@H]1O[C@@H](N2C=CC=C(C(N)=O)C2)[C@H](O)[C@H]1O)OP(=O)(O)OC[C@H]1O[C@@H](n2cnc3c(N)ncnc32)[C@H](OP(=O)(O)O)[C@@H]1O. The maximum Gasteiger partial charge on any atom is 0.485 e. The fraction of sp³-hybridized carbons (Fsp3) is 0.524. The third-order valence-corrected chi connectivity index (χ3v) is 10.6. The van der Waals surface area contributed by atoms with Crippen LogP contribution in [0.5, 0.6) is 0 Å². The molecule has 2 saturated heterocycles. The van der Waals surface area contributed by atoms with E-state index in [9.17, 15) is 48.5 Å². The average Bonchev–Trinajstić information content (AvgIpc) is 3.66. The number of nitrogen functional groups attached to an aromatic ring is 1. The van der Waals surface area contributed by atoms with Gasteiger partial charge in [0.15, 0.2) is 30.2 Å². The summed E-state index contributed by atoms with van der Waals surface area (Å²) in [7, 11) is -15.2. The van der Waals surface area contributed by atoms with Crippen molar-refractivity contribution in [3.63, 3.8) is 0 Å². The minimum atomic E-state index is -5.48. The molecule has 10 atom stereocenters. The lowest BCUT2D eigenvalue weighted by Crippen LogP contribution is -2.43. The molecule has 0 spiro atoms. The molecule has 27 heteroatoms. The number of primary amides is 1. The summed E-state index contributed by atoms with van der Waals surface area (Å²) in [6.07, 6.45) is -7.55. The number of carbonyl (C=O) groups excluding carboxylic acids is 1. The Morgan fingerprint density at radius 1 is 1.04 bits per heavy atom. The van der Waals surface area contributed by atoms with Gasteiger partial charge < -0.3 is 55.8 Å². The fourth-order valence-electron chi connectivity index (χ4n) is 4.84. The van der Waals surface area contributed by atoms with E-state index in [1.807, 2.05) is 0 Å². The molecule has 0 aromatic carbocycles. The molecule has 0 bridgehead atoms. The number of allylic oxidation sites excluding steroid dienone is 2. The average molecular weight is 745 g/mol. The zero-order valence-electron chi connectivity index (χ0n) is 24.3. The first-order chi connectivity index (χ1) is 22.4. The highest BCUT2D eigenvalue weighted by Crippen LogP contribution is 2.64. The number of rotatable bonds is 13. The summed E-state index contributed by atoms with van der Waals surface area (Å²) >= 11 is 0. The molecule has 48 heavy (non-hydrogen) atoms. The molecule has 0 saturated carbocycles. The normalized spacial score (nSPS) is 31.9. The fourth-order valence-corrected chi connectivity index (χ4v) is 7.86. The number of hydrogen-bond acceptors (Lipinski definition) is 19. The Hall–Kier alpha value is -2.73. The van der Waals surface area contributed by atoms with E-state index in [-0.39, 0.29) is 29.1 Å². The predicted octanol–water partition coefficient (Wildman–Crippen LogP) is -2.31. The van der Waals surface area contributed by atoms with E-state index in [0.717, 1.165) is 24.3 Å². The quantitative estimate of drug-likeness (QED) is 0.0999. The van der Waals surface area contributed by atoms with Gasteiger partial charge in [0.1, 0.15) is 42.4 Å². The molecular weight excluding hydrogens is 715 g/mol. The number of phosphoric ester groups is 3. The largest absolute Gasteiger partial charge is 0.485 e. The number of imidazole rings is 1. The number of aliphatic hydroxyl groups is 3. The van der Waals surface area contributed by atoms with Crippen LogP contribution in [0.15, 0.2) is 36.6 Å². The maximum absolute atomic E-state index is 13.2. The number of nitrogens with two attached hydrogens (primary N) is 2. The van der Waals surface area contributed by atoms with Crippen molar-refractivity contribution in [2.45, 2.75) is 49.3 Å². The van der Waals surface area contributed by atoms with E-state index < -0.39 is 85.2 Å². The van der Waals surface area contributed by atoms with Gasteiger partial charge in [0.05, 0.1) is 19.5 Å². The number of carbonyl (C=O) groups is 1. The van der Waals surface area contributed by atoms with Crippen LogP contribution >= 0.6 is 23.5 Å². The van der Waals surface area contributed by atoms with Crippen molar-refractivity contribution >= 4 is 46.4 Å². The smallest absolute Gasteiger partial charge is 0.387 e. The number of ether oxygens (including phenoxy) is 2. The van der Waals surface area contributed by atoms with E-state index in [1.54, 1.807) is 0 Å². The predicted molar refractivity (Wildman–Crippen MR) is 153 cm³/mol. The summed E-state index contributed by atoms with van der Waals surface area (Å²) in [6.45, 7) is -1.18. The van der Waals surface area contributed by atoms with Gasteiger partial charge in [-0.2, -0.15) is 4.31 Å². The highest BCUT2D eigenvalue weighted by atomic mass is 31.3. The molecule has 1 amide bonds. The summed E-state index contributed by atoms with van der Waals surface area (Å²) in [5.74, 6) is -0.807. The molecule has 3 aliphatic rings. The molecule has 2 fully saturated rings. The van der Waals surface area contributed by atoms with Crippen LogP contribution in [-0.2, 0) is 50.4 Å². The van der Waals surface area contributed by atoms with Crippen LogP contribution in [-0.4, -0.2) is 124 Å².